The van der Waals surface area contributed by atoms with Crippen LogP contribution >= 0.6 is 0 Å². The number of benzene rings is 2. The van der Waals surface area contributed by atoms with Crippen molar-refractivity contribution in [3.8, 4) is 0 Å². The van der Waals surface area contributed by atoms with Gasteiger partial charge in [-0.2, -0.15) is 0 Å². The molecule has 0 fully saturated rings. The number of hydrogen-bond donors (Lipinski definition) is 0. The molecule has 0 aliphatic rings. The van der Waals surface area contributed by atoms with Gasteiger partial charge in [0.25, 0.3) is 0 Å². The van der Waals surface area contributed by atoms with E-state index in [9.17, 15) is 0 Å². The van der Waals surface area contributed by atoms with Gasteiger partial charge < -0.3 is 0 Å². The SMILES string of the molecule is CCCCCCCCC(=Nc1cc(CCCC)cc(CCCC)c1)C(CCCCCC)=[N+]([Ni])c1cc(CCCC)cc(CCCC)c1. The van der Waals surface area contributed by atoms with Crippen LogP contribution in [0.5, 0.6) is 0 Å². The van der Waals surface area contributed by atoms with Crippen LogP contribution in [0.1, 0.15) is 192 Å². The van der Waals surface area contributed by atoms with E-state index in [1.807, 2.05) is 0 Å². The number of rotatable bonds is 27. The van der Waals surface area contributed by atoms with E-state index < -0.39 is 0 Å². The van der Waals surface area contributed by atoms with Crippen molar-refractivity contribution in [3.63, 3.8) is 0 Å². The van der Waals surface area contributed by atoms with Gasteiger partial charge in [0.05, 0.1) is 0 Å². The number of aryl methyl sites for hydroxylation is 4. The fourth-order valence-electron chi connectivity index (χ4n) is 6.47. The maximum absolute atomic E-state index is 6.05. The molecule has 0 saturated heterocycles. The summed E-state index contributed by atoms with van der Waals surface area (Å²) >= 11 is 6.05. The Bertz CT molecular complexity index is 1120. The minimum absolute atomic E-state index is 1.01. The summed E-state index contributed by atoms with van der Waals surface area (Å²) in [6.07, 6.45) is 29.1. The third-order valence-electron chi connectivity index (χ3n) is 9.41. The second kappa shape index (κ2) is 26.2. The molecule has 0 atom stereocenters. The van der Waals surface area contributed by atoms with Gasteiger partial charge in [-0.05, 0) is 0 Å². The molecule has 0 heterocycles. The zero-order valence-electron chi connectivity index (χ0n) is 31.6. The Labute approximate surface area is 300 Å². The van der Waals surface area contributed by atoms with Crippen LogP contribution < -0.4 is 0 Å². The summed E-state index contributed by atoms with van der Waals surface area (Å²) in [7, 11) is 0. The van der Waals surface area contributed by atoms with Crippen molar-refractivity contribution >= 4 is 22.8 Å². The van der Waals surface area contributed by atoms with Crippen molar-refractivity contribution in [1.82, 2.24) is 0 Å². The van der Waals surface area contributed by atoms with E-state index in [0.29, 0.717) is 0 Å². The number of hydrogen-bond acceptors (Lipinski definition) is 1. The molecule has 3 heteroatoms. The molecule has 0 radical (unpaired) electrons. The molecule has 267 valence electrons. The van der Waals surface area contributed by atoms with Crippen LogP contribution in [0, 0.1) is 0 Å². The molecule has 2 aromatic carbocycles. The molecule has 0 saturated carbocycles. The Morgan fingerprint density at radius 3 is 1.32 bits per heavy atom. The van der Waals surface area contributed by atoms with Crippen LogP contribution in [0.15, 0.2) is 41.4 Å². The van der Waals surface area contributed by atoms with E-state index in [2.05, 4.69) is 81.6 Å². The molecular formula is C44H72N2Ni+. The first kappa shape index (κ1) is 41.4. The van der Waals surface area contributed by atoms with Gasteiger partial charge in [0, 0.05) is 0 Å². The Balaban J connectivity index is 2.70. The Morgan fingerprint density at radius 1 is 0.468 bits per heavy atom. The van der Waals surface area contributed by atoms with Crippen molar-refractivity contribution in [2.24, 2.45) is 4.99 Å². The molecule has 0 amide bonds. The van der Waals surface area contributed by atoms with Crippen LogP contribution in [0.3, 0.4) is 0 Å². The van der Waals surface area contributed by atoms with E-state index >= 15 is 0 Å². The summed E-state index contributed by atoms with van der Waals surface area (Å²) in [5, 5.41) is 0. The predicted octanol–water partition coefficient (Wildman–Crippen LogP) is 14.1. The van der Waals surface area contributed by atoms with Crippen LogP contribution in [0.25, 0.3) is 0 Å². The average molecular weight is 688 g/mol. The summed E-state index contributed by atoms with van der Waals surface area (Å²) in [6.45, 7) is 13.8. The molecule has 0 aliphatic heterocycles. The number of aliphatic imine (C=N–C) groups is 1. The summed E-state index contributed by atoms with van der Waals surface area (Å²) in [6, 6.07) is 14.5. The molecule has 0 aromatic heterocycles. The van der Waals surface area contributed by atoms with Gasteiger partial charge in [-0.25, -0.2) is 0 Å². The van der Waals surface area contributed by atoms with Crippen molar-refractivity contribution in [2.45, 2.75) is 196 Å². The first-order valence-corrected chi connectivity index (χ1v) is 20.6. The van der Waals surface area contributed by atoms with E-state index in [0.717, 1.165) is 44.2 Å². The van der Waals surface area contributed by atoms with Gasteiger partial charge in [-0.1, -0.05) is 0 Å². The van der Waals surface area contributed by atoms with Crippen LogP contribution in [-0.2, 0) is 41.4 Å². The summed E-state index contributed by atoms with van der Waals surface area (Å²) in [4.78, 5) is 5.60. The fraction of sp³-hybridized carbons (Fsp3) is 0.682. The minimum atomic E-state index is 1.01. The molecule has 0 aliphatic carbocycles. The Hall–Kier alpha value is -1.73. The standard InChI is InChI=1S/C44H72N2.Ni/c1-7-13-19-21-22-24-30-44(46-42-35-39(27-17-11-5)32-40(36-42)28-18-12-6)43(29-23-20-14-8-2)45-41-33-37(25-15-9-3)31-38(34-41)26-16-10-4;/h31-36H,7-30H2,1-6H3;/q;+1. The van der Waals surface area contributed by atoms with Gasteiger partial charge in [0.2, 0.25) is 0 Å². The second-order valence-corrected chi connectivity index (χ2v) is 14.5. The predicted molar refractivity (Wildman–Crippen MR) is 206 cm³/mol. The molecule has 0 bridgehead atoms. The molecule has 47 heavy (non-hydrogen) atoms. The molecule has 0 spiro atoms. The van der Waals surface area contributed by atoms with Gasteiger partial charge in [-0.3, -0.25) is 0 Å². The Kier molecular flexibility index (Phi) is 23.1. The second-order valence-electron chi connectivity index (χ2n) is 14.0. The van der Waals surface area contributed by atoms with Gasteiger partial charge in [0.15, 0.2) is 0 Å². The number of nitrogens with zero attached hydrogens (tertiary/aromatic N) is 2. The van der Waals surface area contributed by atoms with Crippen LogP contribution in [-0.4, -0.2) is 15.1 Å². The maximum atomic E-state index is 6.05. The van der Waals surface area contributed by atoms with Crippen molar-refractivity contribution in [2.75, 3.05) is 0 Å². The van der Waals surface area contributed by atoms with E-state index in [1.165, 1.54) is 155 Å². The summed E-state index contributed by atoms with van der Waals surface area (Å²) in [5.41, 5.74) is 10.7. The molecule has 2 aromatic rings. The number of unbranched alkanes of at least 4 members (excludes halogenated alkanes) is 12. The molecule has 2 nitrogen and oxygen atoms in total. The quantitative estimate of drug-likeness (QED) is 0.0505. The summed E-state index contributed by atoms with van der Waals surface area (Å²) in [5.74, 6) is 0. The zero-order chi connectivity index (χ0) is 34.1. The van der Waals surface area contributed by atoms with Crippen LogP contribution in [0.4, 0.5) is 11.4 Å². The summed E-state index contributed by atoms with van der Waals surface area (Å²) < 4.78 is 2.19. The third-order valence-corrected chi connectivity index (χ3v) is 9.93. The topological polar surface area (TPSA) is 15.4 Å². The van der Waals surface area contributed by atoms with E-state index in [4.69, 9.17) is 20.7 Å². The van der Waals surface area contributed by atoms with Crippen LogP contribution in [0.2, 0.25) is 0 Å². The molecule has 2 rings (SSSR count). The molecule has 0 N–H and O–H groups in total. The third kappa shape index (κ3) is 17.0. The normalized spacial score (nSPS) is 12.6. The van der Waals surface area contributed by atoms with Gasteiger partial charge in [0.1, 0.15) is 0 Å². The van der Waals surface area contributed by atoms with Crippen molar-refractivity contribution in [1.29, 1.82) is 0 Å². The molecule has 0 unspecified atom stereocenters. The average Bonchev–Trinajstić information content (AvgIpc) is 3.08. The zero-order valence-corrected chi connectivity index (χ0v) is 32.6. The Morgan fingerprint density at radius 2 is 0.851 bits per heavy atom. The van der Waals surface area contributed by atoms with Crippen molar-refractivity contribution < 1.29 is 19.3 Å². The van der Waals surface area contributed by atoms with Crippen molar-refractivity contribution in [3.05, 3.63) is 58.7 Å². The first-order valence-electron chi connectivity index (χ1n) is 20.1. The fourth-order valence-corrected chi connectivity index (χ4v) is 6.83. The van der Waals surface area contributed by atoms with Gasteiger partial charge in [-0.15, -0.1) is 0 Å². The monoisotopic (exact) mass is 687 g/mol. The van der Waals surface area contributed by atoms with Gasteiger partial charge >= 0.3 is 301 Å². The van der Waals surface area contributed by atoms with E-state index in [-0.39, 0.29) is 0 Å². The van der Waals surface area contributed by atoms with E-state index in [1.54, 1.807) is 0 Å². The first-order chi connectivity index (χ1) is 23.0. The molecular weight excluding hydrogens is 615 g/mol.